The van der Waals surface area contributed by atoms with E-state index in [1.54, 1.807) is 45.2 Å². The highest BCUT2D eigenvalue weighted by Gasteiger charge is 2.44. The van der Waals surface area contributed by atoms with Crippen LogP contribution in [-0.4, -0.2) is 219 Å². The number of nitrogens with zero attached hydrogens (tertiary/aromatic N) is 7. The first-order chi connectivity index (χ1) is 30.8. The maximum Gasteiger partial charge on any atom is 0.334 e. The molecule has 25 nitrogen and oxygen atoms in total. The van der Waals surface area contributed by atoms with E-state index in [0.29, 0.717) is 9.80 Å². The zero-order valence-electron chi connectivity index (χ0n) is 41.1. The molecule has 1 saturated heterocycles. The number of carbonyl (C=O) groups excluding carboxylic acids is 11. The van der Waals surface area contributed by atoms with Crippen molar-refractivity contribution in [2.24, 2.45) is 11.8 Å². The number of carbonyl (C=O) groups is 11. The molecule has 0 aliphatic carbocycles. The molecule has 0 aromatic rings. The Morgan fingerprint density at radius 3 is 1.69 bits per heavy atom. The van der Waals surface area contributed by atoms with E-state index in [-0.39, 0.29) is 17.7 Å². The fraction of sp³-hybridized carbons (Fsp3) is 0.690. The lowest BCUT2D eigenvalue weighted by Gasteiger charge is -2.40. The van der Waals surface area contributed by atoms with Gasteiger partial charge in [0.25, 0.3) is 11.8 Å². The van der Waals surface area contributed by atoms with Gasteiger partial charge in [-0.1, -0.05) is 39.8 Å². The Bertz CT molecular complexity index is 1910. The van der Waals surface area contributed by atoms with Gasteiger partial charge in [-0.25, -0.2) is 33.8 Å². The van der Waals surface area contributed by atoms with Gasteiger partial charge in [-0.3, -0.25) is 44.3 Å². The Labute approximate surface area is 391 Å². The Hall–Kier alpha value is -6.21. The lowest BCUT2D eigenvalue weighted by Crippen LogP contribution is -2.64. The van der Waals surface area contributed by atoms with Gasteiger partial charge < -0.3 is 45.6 Å². The summed E-state index contributed by atoms with van der Waals surface area (Å²) in [6.45, 7) is 10.7. The molecule has 0 bridgehead atoms. The number of urea groups is 5. The summed E-state index contributed by atoms with van der Waals surface area (Å²) in [5.41, 5.74) is -1.68. The lowest BCUT2D eigenvalue weighted by molar-refractivity contribution is -0.152. The van der Waals surface area contributed by atoms with Gasteiger partial charge >= 0.3 is 30.2 Å². The number of amides is 16. The maximum atomic E-state index is 14.5. The average molecular weight is 954 g/mol. The number of hydrogen-bond donors (Lipinski definition) is 7. The van der Waals surface area contributed by atoms with Crippen molar-refractivity contribution in [2.75, 3.05) is 55.9 Å². The molecule has 1 heterocycles. The summed E-state index contributed by atoms with van der Waals surface area (Å²) < 4.78 is 0. The minimum absolute atomic E-state index is 0.123. The highest BCUT2D eigenvalue weighted by Crippen LogP contribution is 2.23. The van der Waals surface area contributed by atoms with Gasteiger partial charge in [0.15, 0.2) is 0 Å². The number of likely N-dealkylation sites (N-methyl/N-ethyl adjacent to an activating group) is 5. The minimum atomic E-state index is -1.74. The molecule has 2 unspecified atom stereocenters. The summed E-state index contributed by atoms with van der Waals surface area (Å²) in [6.07, 6.45) is 1.45. The Kier molecular flexibility index (Phi) is 22.0. The number of aliphatic hydroxyl groups excluding tert-OH is 2. The predicted octanol–water partition coefficient (Wildman–Crippen LogP) is -0.945. The normalized spacial score (nSPS) is 25.4. The van der Waals surface area contributed by atoms with Crippen LogP contribution in [0.3, 0.4) is 0 Å². The molecule has 1 aliphatic heterocycles. The largest absolute Gasteiger partial charge is 0.394 e. The van der Waals surface area contributed by atoms with Crippen LogP contribution in [0.25, 0.3) is 0 Å². The average Bonchev–Trinajstić information content (AvgIpc) is 3.25. The summed E-state index contributed by atoms with van der Waals surface area (Å²) in [5.74, 6) is -7.59. The van der Waals surface area contributed by atoms with E-state index in [1.807, 2.05) is 5.32 Å². The van der Waals surface area contributed by atoms with Crippen LogP contribution in [0.2, 0.25) is 0 Å². The molecule has 0 aromatic heterocycles. The van der Waals surface area contributed by atoms with Crippen molar-refractivity contribution >= 4 is 65.6 Å². The second-order valence-corrected chi connectivity index (χ2v) is 17.6. The third-order valence-corrected chi connectivity index (χ3v) is 11.4. The second kappa shape index (κ2) is 25.1. The third kappa shape index (κ3) is 15.2. The van der Waals surface area contributed by atoms with Crippen molar-refractivity contribution in [3.63, 3.8) is 0 Å². The molecule has 0 spiro atoms. The van der Waals surface area contributed by atoms with Gasteiger partial charge in [0, 0.05) is 55.8 Å². The van der Waals surface area contributed by atoms with E-state index < -0.39 is 138 Å². The van der Waals surface area contributed by atoms with Crippen LogP contribution in [0, 0.1) is 11.8 Å². The van der Waals surface area contributed by atoms with E-state index >= 15 is 0 Å². The van der Waals surface area contributed by atoms with Crippen molar-refractivity contribution in [1.82, 2.24) is 55.6 Å². The molecule has 25 heteroatoms. The first-order valence-corrected chi connectivity index (χ1v) is 21.6. The molecule has 16 amide bonds. The van der Waals surface area contributed by atoms with E-state index in [0.717, 1.165) is 61.8 Å². The predicted molar refractivity (Wildman–Crippen MR) is 240 cm³/mol. The zero-order valence-corrected chi connectivity index (χ0v) is 41.1. The van der Waals surface area contributed by atoms with Crippen molar-refractivity contribution in [3.8, 4) is 0 Å². The van der Waals surface area contributed by atoms with Gasteiger partial charge in [-0.2, -0.15) is 0 Å². The number of rotatable bonds is 9. The second-order valence-electron chi connectivity index (χ2n) is 17.6. The molecule has 8 atom stereocenters. The summed E-state index contributed by atoms with van der Waals surface area (Å²) >= 11 is 0. The van der Waals surface area contributed by atoms with Crippen LogP contribution in [0.5, 0.6) is 0 Å². The highest BCUT2D eigenvalue weighted by atomic mass is 16.3. The molecule has 1 rings (SSSR count). The molecular weight excluding hydrogens is 883 g/mol. The number of nitrogens with one attached hydrogen (secondary N) is 4. The maximum absolute atomic E-state index is 14.5. The Morgan fingerprint density at radius 2 is 1.19 bits per heavy atom. The van der Waals surface area contributed by atoms with Crippen molar-refractivity contribution in [3.05, 3.63) is 12.2 Å². The van der Waals surface area contributed by atoms with Crippen LogP contribution in [-0.2, 0) is 28.8 Å². The minimum Gasteiger partial charge on any atom is -0.394 e. The standard InChI is InChI=1S/C42H71N11O14/c1-16-18-19-23(5)30(55)29-32(57)44-25(17-2)34(59)48(10)27(21-54)35(60)47(9)26(20-42(7,8)67)31(56)45-38(63)52(14)39(64)46-37(62)43-24(6)33(58)51(13)41(66)53(15)40(65)50(12)28(22(3)4)36(61)49(29)11/h16,18,22-30,54-55,67H,17,19-21H2,1-15H3,(H,44,57)(H,45,56,63)(H2,43,46,62,64)/b18-16+/t23-,24?,25+,26+,27?,28+,29+,30-/m1/s1. The third-order valence-electron chi connectivity index (χ3n) is 11.4. The lowest BCUT2D eigenvalue weighted by atomic mass is 9.91. The van der Waals surface area contributed by atoms with E-state index in [2.05, 4.69) is 10.6 Å². The summed E-state index contributed by atoms with van der Waals surface area (Å²) in [4.78, 5) is 155. The fourth-order valence-electron chi connectivity index (χ4n) is 7.12. The first kappa shape index (κ1) is 58.8. The quantitative estimate of drug-likeness (QED) is 0.137. The fourth-order valence-corrected chi connectivity index (χ4v) is 7.12. The van der Waals surface area contributed by atoms with Crippen LogP contribution in [0.15, 0.2) is 12.2 Å². The Balaban J connectivity index is 4.05. The van der Waals surface area contributed by atoms with Crippen molar-refractivity contribution in [2.45, 2.75) is 123 Å². The van der Waals surface area contributed by atoms with Gasteiger partial charge in [-0.05, 0) is 52.4 Å². The van der Waals surface area contributed by atoms with Gasteiger partial charge in [0.1, 0.15) is 36.3 Å². The van der Waals surface area contributed by atoms with Gasteiger partial charge in [0.05, 0.1) is 18.3 Å². The van der Waals surface area contributed by atoms with Crippen LogP contribution < -0.4 is 21.3 Å². The van der Waals surface area contributed by atoms with Crippen LogP contribution in [0.4, 0.5) is 24.0 Å². The van der Waals surface area contributed by atoms with Crippen molar-refractivity contribution < 1.29 is 68.1 Å². The number of allylic oxidation sites excluding steroid dienone is 2. The topological polar surface area (TPSA) is 319 Å². The summed E-state index contributed by atoms with van der Waals surface area (Å²) in [5, 5.41) is 41.3. The monoisotopic (exact) mass is 954 g/mol. The SMILES string of the molecule is C/C=C/C[C@@H](C)[C@@H](O)[C@H]1C(=O)N[C@@H](CC)C(=O)N(C)C(CO)C(=O)N(C)[C@@H](CC(C)(C)O)C(=O)NC(=O)N(C)C(=O)NC(=O)NC(C)C(=O)N(C)C(=O)N(C)C(=O)N(C)[C@@H](C(C)C)C(=O)N1C. The van der Waals surface area contributed by atoms with E-state index in [1.165, 1.54) is 34.9 Å². The van der Waals surface area contributed by atoms with Crippen LogP contribution >= 0.6 is 0 Å². The molecule has 67 heavy (non-hydrogen) atoms. The molecular formula is C42H71N11O14. The smallest absolute Gasteiger partial charge is 0.334 e. The van der Waals surface area contributed by atoms with E-state index in [4.69, 9.17) is 0 Å². The molecule has 0 aromatic carbocycles. The van der Waals surface area contributed by atoms with E-state index in [9.17, 15) is 68.1 Å². The number of imide groups is 5. The molecule has 7 N–H and O–H groups in total. The summed E-state index contributed by atoms with van der Waals surface area (Å²) in [7, 11) is 7.52. The molecule has 0 radical (unpaired) electrons. The Morgan fingerprint density at radius 1 is 0.657 bits per heavy atom. The molecule has 378 valence electrons. The number of hydrogen-bond acceptors (Lipinski definition) is 14. The van der Waals surface area contributed by atoms with Gasteiger partial charge in [0.2, 0.25) is 23.6 Å². The van der Waals surface area contributed by atoms with Crippen LogP contribution in [0.1, 0.15) is 74.7 Å². The zero-order chi connectivity index (χ0) is 52.2. The number of aliphatic hydroxyl groups is 3. The highest BCUT2D eigenvalue weighted by molar-refractivity contribution is 6.08. The summed E-state index contributed by atoms with van der Waals surface area (Å²) in [6, 6.07) is -16.0. The van der Waals surface area contributed by atoms with Crippen molar-refractivity contribution in [1.29, 1.82) is 0 Å². The van der Waals surface area contributed by atoms with Gasteiger partial charge in [-0.15, -0.1) is 0 Å². The first-order valence-electron chi connectivity index (χ1n) is 21.6. The molecule has 1 aliphatic rings. The molecule has 1 fully saturated rings. The molecule has 0 saturated carbocycles.